The van der Waals surface area contributed by atoms with E-state index in [-0.39, 0.29) is 18.2 Å². The van der Waals surface area contributed by atoms with Crippen molar-refractivity contribution in [1.82, 2.24) is 4.90 Å². The van der Waals surface area contributed by atoms with Crippen molar-refractivity contribution in [3.05, 3.63) is 29.8 Å². The van der Waals surface area contributed by atoms with Crippen molar-refractivity contribution in [2.75, 3.05) is 13.1 Å². The number of terminal acetylenes is 1. The van der Waals surface area contributed by atoms with Crippen LogP contribution in [0.2, 0.25) is 0 Å². The summed E-state index contributed by atoms with van der Waals surface area (Å²) < 4.78 is 28.1. The van der Waals surface area contributed by atoms with E-state index in [9.17, 15) is 13.6 Å². The van der Waals surface area contributed by atoms with Gasteiger partial charge in [-0.1, -0.05) is 5.92 Å². The van der Waals surface area contributed by atoms with Gasteiger partial charge in [-0.25, -0.2) is 0 Å². The lowest BCUT2D eigenvalue weighted by atomic mass is 10.2. The molecule has 0 unspecified atom stereocenters. The Morgan fingerprint density at radius 3 is 2.50 bits per heavy atom. The second-order valence-electron chi connectivity index (χ2n) is 3.43. The van der Waals surface area contributed by atoms with Gasteiger partial charge in [0, 0.05) is 12.1 Å². The molecule has 0 aliphatic heterocycles. The highest BCUT2D eigenvalue weighted by atomic mass is 19.3. The Hall–Kier alpha value is -2.09. The zero-order chi connectivity index (χ0) is 13.5. The summed E-state index contributed by atoms with van der Waals surface area (Å²) in [6.07, 6.45) is 5.15. The van der Waals surface area contributed by atoms with Gasteiger partial charge in [0.15, 0.2) is 0 Å². The number of carbonyl (C=O) groups is 1. The number of ether oxygens (including phenoxy) is 1. The molecule has 0 atom stereocenters. The van der Waals surface area contributed by atoms with E-state index in [0.29, 0.717) is 12.1 Å². The molecule has 0 aliphatic carbocycles. The van der Waals surface area contributed by atoms with Crippen LogP contribution >= 0.6 is 0 Å². The van der Waals surface area contributed by atoms with Crippen molar-refractivity contribution >= 4 is 5.91 Å². The molecule has 0 saturated carbocycles. The van der Waals surface area contributed by atoms with Crippen LogP contribution < -0.4 is 4.74 Å². The van der Waals surface area contributed by atoms with E-state index < -0.39 is 6.61 Å². The van der Waals surface area contributed by atoms with Gasteiger partial charge in [-0.15, -0.1) is 6.42 Å². The fraction of sp³-hybridized carbons (Fsp3) is 0.308. The molecule has 0 heterocycles. The first-order valence-corrected chi connectivity index (χ1v) is 5.36. The number of halogens is 2. The predicted octanol–water partition coefficient (Wildman–Crippen LogP) is 2.38. The third-order valence-electron chi connectivity index (χ3n) is 2.28. The zero-order valence-electron chi connectivity index (χ0n) is 9.90. The highest BCUT2D eigenvalue weighted by Crippen LogP contribution is 2.15. The number of hydrogen-bond acceptors (Lipinski definition) is 2. The van der Waals surface area contributed by atoms with Crippen LogP contribution in [-0.4, -0.2) is 30.5 Å². The topological polar surface area (TPSA) is 29.5 Å². The van der Waals surface area contributed by atoms with Crippen molar-refractivity contribution < 1.29 is 18.3 Å². The summed E-state index contributed by atoms with van der Waals surface area (Å²) in [7, 11) is 0. The van der Waals surface area contributed by atoms with Gasteiger partial charge in [-0.05, 0) is 31.2 Å². The monoisotopic (exact) mass is 253 g/mol. The summed E-state index contributed by atoms with van der Waals surface area (Å²) in [6, 6.07) is 5.50. The fourth-order valence-electron chi connectivity index (χ4n) is 1.40. The molecule has 18 heavy (non-hydrogen) atoms. The lowest BCUT2D eigenvalue weighted by molar-refractivity contribution is -0.0498. The quantitative estimate of drug-likeness (QED) is 0.754. The van der Waals surface area contributed by atoms with Crippen LogP contribution in [0.15, 0.2) is 24.3 Å². The first-order chi connectivity index (χ1) is 8.58. The lowest BCUT2D eigenvalue weighted by Gasteiger charge is -2.18. The van der Waals surface area contributed by atoms with Gasteiger partial charge in [0.05, 0.1) is 6.54 Å². The molecule has 0 saturated heterocycles. The number of hydrogen-bond donors (Lipinski definition) is 0. The molecule has 1 rings (SSSR count). The van der Waals surface area contributed by atoms with Crippen LogP contribution in [0.4, 0.5) is 8.78 Å². The molecule has 1 aromatic carbocycles. The number of carbonyl (C=O) groups excluding carboxylic acids is 1. The predicted molar refractivity (Wildman–Crippen MR) is 63.5 cm³/mol. The van der Waals surface area contributed by atoms with Gasteiger partial charge in [0.1, 0.15) is 5.75 Å². The van der Waals surface area contributed by atoms with Crippen LogP contribution in [-0.2, 0) is 0 Å². The minimum absolute atomic E-state index is 0.0153. The Bertz CT molecular complexity index is 437. The number of benzene rings is 1. The molecule has 0 spiro atoms. The molecular weight excluding hydrogens is 240 g/mol. The minimum Gasteiger partial charge on any atom is -0.435 e. The van der Waals surface area contributed by atoms with Gasteiger partial charge < -0.3 is 9.64 Å². The fourth-order valence-corrected chi connectivity index (χ4v) is 1.40. The SMILES string of the molecule is C#CCN(CC)C(=O)c1ccc(OC(F)F)cc1. The normalized spacial score (nSPS) is 9.94. The molecule has 0 aliphatic rings. The lowest BCUT2D eigenvalue weighted by Crippen LogP contribution is -2.31. The standard InChI is InChI=1S/C13H13F2NO2/c1-3-9-16(4-2)12(17)10-5-7-11(8-6-10)18-13(14)15/h1,5-8,13H,4,9H2,2H3. The highest BCUT2D eigenvalue weighted by Gasteiger charge is 2.13. The summed E-state index contributed by atoms with van der Waals surface area (Å²) in [5, 5.41) is 0. The molecule has 0 fully saturated rings. The summed E-state index contributed by atoms with van der Waals surface area (Å²) in [5.74, 6) is 2.17. The molecule has 96 valence electrons. The molecule has 3 nitrogen and oxygen atoms in total. The number of amides is 1. The van der Waals surface area contributed by atoms with Gasteiger partial charge in [0.25, 0.3) is 5.91 Å². The van der Waals surface area contributed by atoms with Crippen LogP contribution in [0.5, 0.6) is 5.75 Å². The van der Waals surface area contributed by atoms with Crippen molar-refractivity contribution in [2.45, 2.75) is 13.5 Å². The number of alkyl halides is 2. The van der Waals surface area contributed by atoms with E-state index in [1.807, 2.05) is 6.92 Å². The van der Waals surface area contributed by atoms with E-state index in [2.05, 4.69) is 10.7 Å². The summed E-state index contributed by atoms with van der Waals surface area (Å²) in [6.45, 7) is -0.368. The Kier molecular flexibility index (Phi) is 5.12. The van der Waals surface area contributed by atoms with Gasteiger partial charge in [0.2, 0.25) is 0 Å². The molecule has 0 radical (unpaired) electrons. The summed E-state index contributed by atoms with van der Waals surface area (Å²) >= 11 is 0. The maximum Gasteiger partial charge on any atom is 0.387 e. The average molecular weight is 253 g/mol. The Labute approximate surface area is 104 Å². The maximum atomic E-state index is 11.9. The first-order valence-electron chi connectivity index (χ1n) is 5.36. The Balaban J connectivity index is 2.78. The third kappa shape index (κ3) is 3.74. The van der Waals surface area contributed by atoms with E-state index in [1.165, 1.54) is 29.2 Å². The molecule has 0 aromatic heterocycles. The Morgan fingerprint density at radius 1 is 1.44 bits per heavy atom. The third-order valence-corrected chi connectivity index (χ3v) is 2.28. The average Bonchev–Trinajstić information content (AvgIpc) is 2.35. The largest absolute Gasteiger partial charge is 0.435 e. The molecule has 1 aromatic rings. The molecule has 0 bridgehead atoms. The smallest absolute Gasteiger partial charge is 0.387 e. The van der Waals surface area contributed by atoms with Crippen molar-refractivity contribution in [2.24, 2.45) is 0 Å². The minimum atomic E-state index is -2.87. The van der Waals surface area contributed by atoms with Crippen molar-refractivity contribution in [1.29, 1.82) is 0 Å². The second kappa shape index (κ2) is 6.60. The van der Waals surface area contributed by atoms with Crippen LogP contribution in [0, 0.1) is 12.3 Å². The first kappa shape index (κ1) is 14.0. The highest BCUT2D eigenvalue weighted by molar-refractivity contribution is 5.94. The van der Waals surface area contributed by atoms with Gasteiger partial charge >= 0.3 is 6.61 Å². The Morgan fingerprint density at radius 2 is 2.06 bits per heavy atom. The molecule has 5 heteroatoms. The number of nitrogens with zero attached hydrogens (tertiary/aromatic N) is 1. The van der Waals surface area contributed by atoms with E-state index in [1.54, 1.807) is 0 Å². The second-order valence-corrected chi connectivity index (χ2v) is 3.43. The van der Waals surface area contributed by atoms with Gasteiger partial charge in [-0.2, -0.15) is 8.78 Å². The van der Waals surface area contributed by atoms with Crippen molar-refractivity contribution in [3.63, 3.8) is 0 Å². The molecule has 1 amide bonds. The zero-order valence-corrected chi connectivity index (χ0v) is 9.90. The maximum absolute atomic E-state index is 11.9. The van der Waals surface area contributed by atoms with Crippen molar-refractivity contribution in [3.8, 4) is 18.1 Å². The van der Waals surface area contributed by atoms with E-state index >= 15 is 0 Å². The summed E-state index contributed by atoms with van der Waals surface area (Å²) in [4.78, 5) is 13.4. The van der Waals surface area contributed by atoms with Crippen LogP contribution in [0.25, 0.3) is 0 Å². The number of rotatable bonds is 5. The van der Waals surface area contributed by atoms with Gasteiger partial charge in [-0.3, -0.25) is 4.79 Å². The van der Waals surface area contributed by atoms with Crippen LogP contribution in [0.1, 0.15) is 17.3 Å². The van der Waals surface area contributed by atoms with Crippen LogP contribution in [0.3, 0.4) is 0 Å². The molecule has 0 N–H and O–H groups in total. The van der Waals surface area contributed by atoms with E-state index in [0.717, 1.165) is 0 Å². The summed E-state index contributed by atoms with van der Waals surface area (Å²) in [5.41, 5.74) is 0.383. The molecular formula is C13H13F2NO2. The van der Waals surface area contributed by atoms with E-state index in [4.69, 9.17) is 6.42 Å².